The van der Waals surface area contributed by atoms with Gasteiger partial charge in [0.05, 0.1) is 0 Å². The molecule has 0 saturated heterocycles. The van der Waals surface area contributed by atoms with Gasteiger partial charge in [-0.1, -0.05) is 0 Å². The summed E-state index contributed by atoms with van der Waals surface area (Å²) in [5.41, 5.74) is 0. The van der Waals surface area contributed by atoms with Gasteiger partial charge < -0.3 is 1.43 Å². The molecule has 5 heteroatoms. The van der Waals surface area contributed by atoms with Gasteiger partial charge in [0.15, 0.2) is 6.19 Å². The maximum Gasteiger partial charge on any atom is 1.00 e. The first-order valence-corrected chi connectivity index (χ1v) is 1.47. The Morgan fingerprint density at radius 2 is 2.25 bits per heavy atom. The molecule has 0 rings (SSSR count). The van der Waals surface area contributed by atoms with Crippen LogP contribution in [0.3, 0.4) is 0 Å². The summed E-state index contributed by atoms with van der Waals surface area (Å²) in [5.74, 6) is 0. The smallest absolute Gasteiger partial charge is 1.00 e. The molecule has 8 heavy (non-hydrogen) atoms. The van der Waals surface area contributed by atoms with Crippen LogP contribution >= 0.6 is 0 Å². The van der Waals surface area contributed by atoms with E-state index in [9.17, 15) is 0 Å². The van der Waals surface area contributed by atoms with E-state index in [1.807, 2.05) is 5.32 Å². The van der Waals surface area contributed by atoms with Crippen LogP contribution in [0.15, 0.2) is 4.99 Å². The zero-order valence-electron chi connectivity index (χ0n) is 5.42. The average Bonchev–Trinajstić information content (AvgIpc) is 1.69. The van der Waals surface area contributed by atoms with Crippen molar-refractivity contribution in [2.24, 2.45) is 4.99 Å². The number of nitrogens with zero attached hydrogens (tertiary/aromatic N) is 3. The molecule has 0 bridgehead atoms. The summed E-state index contributed by atoms with van der Waals surface area (Å²) in [6, 6.07) is 0. The minimum Gasteiger partial charge on any atom is -1.00 e. The van der Waals surface area contributed by atoms with Gasteiger partial charge in [-0.2, -0.15) is 15.5 Å². The van der Waals surface area contributed by atoms with Gasteiger partial charge in [-0.15, -0.1) is 0 Å². The predicted molar refractivity (Wildman–Crippen MR) is 24.0 cm³/mol. The molecule has 0 aromatic rings. The zero-order valence-corrected chi connectivity index (χ0v) is 7.54. The predicted octanol–water partition coefficient (Wildman–Crippen LogP) is -3.32. The fourth-order valence-electron chi connectivity index (χ4n) is 0.0900. The Labute approximate surface area is 91.1 Å². The Kier molecular flexibility index (Phi) is 13.9. The SMILES string of the molecule is N#CN=CNC#N.[H-].[K+]. The van der Waals surface area contributed by atoms with Gasteiger partial charge in [-0.25, -0.2) is 0 Å². The van der Waals surface area contributed by atoms with Crippen LogP contribution in [-0.2, 0) is 0 Å². The third-order valence-electron chi connectivity index (χ3n) is 0.251. The largest absolute Gasteiger partial charge is 1.00 e. The Morgan fingerprint density at radius 1 is 1.62 bits per heavy atom. The number of rotatable bonds is 1. The van der Waals surface area contributed by atoms with Crippen LogP contribution in [0.25, 0.3) is 0 Å². The van der Waals surface area contributed by atoms with Crippen LogP contribution in [0.1, 0.15) is 1.43 Å². The van der Waals surface area contributed by atoms with Crippen LogP contribution in [-0.4, -0.2) is 6.34 Å². The molecule has 0 atom stereocenters. The van der Waals surface area contributed by atoms with Crippen molar-refractivity contribution in [2.45, 2.75) is 0 Å². The molecule has 1 N–H and O–H groups in total. The maximum atomic E-state index is 7.73. The molecule has 0 amide bonds. The first kappa shape index (κ1) is 11.0. The van der Waals surface area contributed by atoms with E-state index in [1.165, 1.54) is 6.19 Å². The Bertz CT molecular complexity index is 143. The quantitative estimate of drug-likeness (QED) is 0.134. The molecule has 0 heterocycles. The van der Waals surface area contributed by atoms with Crippen molar-refractivity contribution in [1.29, 1.82) is 10.5 Å². The zero-order chi connectivity index (χ0) is 5.54. The summed E-state index contributed by atoms with van der Waals surface area (Å²) in [6.07, 6.45) is 4.02. The normalized spacial score (nSPS) is 6.25. The molecule has 0 unspecified atom stereocenters. The molecular weight excluding hydrogens is 131 g/mol. The molecule has 0 aromatic carbocycles. The van der Waals surface area contributed by atoms with Crippen molar-refractivity contribution in [1.82, 2.24) is 5.32 Å². The van der Waals surface area contributed by atoms with Gasteiger partial charge in [0.1, 0.15) is 6.34 Å². The van der Waals surface area contributed by atoms with E-state index in [-0.39, 0.29) is 52.8 Å². The van der Waals surface area contributed by atoms with Crippen molar-refractivity contribution < 1.29 is 52.8 Å². The molecule has 0 aliphatic rings. The molecule has 0 aliphatic carbocycles. The van der Waals surface area contributed by atoms with E-state index in [0.29, 0.717) is 0 Å². The molecule has 0 fully saturated rings. The fraction of sp³-hybridized carbons (Fsp3) is 0. The summed E-state index contributed by atoms with van der Waals surface area (Å²) >= 11 is 0. The van der Waals surface area contributed by atoms with Crippen molar-refractivity contribution in [3.05, 3.63) is 0 Å². The van der Waals surface area contributed by atoms with Gasteiger partial charge in [0.2, 0.25) is 6.19 Å². The third kappa shape index (κ3) is 9.43. The molecule has 0 spiro atoms. The Balaban J connectivity index is -0.000000180. The maximum absolute atomic E-state index is 7.73. The Morgan fingerprint density at radius 3 is 2.62 bits per heavy atom. The second kappa shape index (κ2) is 10.1. The third-order valence-corrected chi connectivity index (χ3v) is 0.251. The molecule has 0 aromatic heterocycles. The fourth-order valence-corrected chi connectivity index (χ4v) is 0.0900. The van der Waals surface area contributed by atoms with Crippen LogP contribution < -0.4 is 56.7 Å². The molecule has 0 aliphatic heterocycles. The van der Waals surface area contributed by atoms with Gasteiger partial charge in [-0.3, -0.25) is 5.32 Å². The summed E-state index contributed by atoms with van der Waals surface area (Å²) in [4.78, 5) is 3.01. The summed E-state index contributed by atoms with van der Waals surface area (Å²) in [5, 5.41) is 17.5. The van der Waals surface area contributed by atoms with Gasteiger partial charge in [-0.05, 0) is 0 Å². The number of nitriles is 2. The molecule has 0 saturated carbocycles. The molecular formula is C3H3KN4. The second-order valence-electron chi connectivity index (χ2n) is 0.614. The molecule has 36 valence electrons. The summed E-state index contributed by atoms with van der Waals surface area (Å²) in [7, 11) is 0. The van der Waals surface area contributed by atoms with Crippen LogP contribution in [0, 0.1) is 22.9 Å². The number of aliphatic imine (C=N–C) groups is 1. The minimum absolute atomic E-state index is 0. The van der Waals surface area contributed by atoms with Crippen molar-refractivity contribution in [3.8, 4) is 12.4 Å². The first-order chi connectivity index (χ1) is 3.41. The first-order valence-electron chi connectivity index (χ1n) is 1.47. The number of hydrogen-bond donors (Lipinski definition) is 1. The van der Waals surface area contributed by atoms with Crippen LogP contribution in [0.2, 0.25) is 0 Å². The second-order valence-corrected chi connectivity index (χ2v) is 0.614. The van der Waals surface area contributed by atoms with E-state index in [0.717, 1.165) is 6.34 Å². The van der Waals surface area contributed by atoms with Crippen molar-refractivity contribution >= 4 is 6.34 Å². The Hall–Kier alpha value is 0.0864. The van der Waals surface area contributed by atoms with Gasteiger partial charge in [0, 0.05) is 0 Å². The van der Waals surface area contributed by atoms with Gasteiger partial charge >= 0.3 is 51.4 Å². The van der Waals surface area contributed by atoms with E-state index < -0.39 is 0 Å². The van der Waals surface area contributed by atoms with E-state index in [1.54, 1.807) is 6.19 Å². The summed E-state index contributed by atoms with van der Waals surface area (Å²) in [6.45, 7) is 0. The summed E-state index contributed by atoms with van der Waals surface area (Å²) < 4.78 is 0. The van der Waals surface area contributed by atoms with Crippen molar-refractivity contribution in [2.75, 3.05) is 0 Å². The molecule has 0 radical (unpaired) electrons. The molecule has 4 nitrogen and oxygen atoms in total. The van der Waals surface area contributed by atoms with Crippen molar-refractivity contribution in [3.63, 3.8) is 0 Å². The van der Waals surface area contributed by atoms with Crippen LogP contribution in [0.5, 0.6) is 0 Å². The number of nitrogens with one attached hydrogen (secondary N) is 1. The average molecular weight is 134 g/mol. The van der Waals surface area contributed by atoms with E-state index in [2.05, 4.69) is 4.99 Å². The monoisotopic (exact) mass is 134 g/mol. The van der Waals surface area contributed by atoms with Crippen LogP contribution in [0.4, 0.5) is 0 Å². The topological polar surface area (TPSA) is 72.0 Å². The van der Waals surface area contributed by atoms with E-state index >= 15 is 0 Å². The number of hydrogen-bond acceptors (Lipinski definition) is 3. The van der Waals surface area contributed by atoms with E-state index in [4.69, 9.17) is 10.5 Å². The standard InChI is InChI=1S/C3H2N4.K.H/c4-1-6-3-7-2-5;;/h3H,(H,6,7);;/q;+1;-1. The van der Waals surface area contributed by atoms with Gasteiger partial charge in [0.25, 0.3) is 0 Å². The minimum atomic E-state index is 0.